The summed E-state index contributed by atoms with van der Waals surface area (Å²) < 4.78 is 0. The van der Waals surface area contributed by atoms with Crippen LogP contribution in [0.4, 0.5) is 0 Å². The number of benzene rings is 1. The third kappa shape index (κ3) is 2.30. The fraction of sp³-hybridized carbons (Fsp3) is 0.267. The third-order valence-corrected chi connectivity index (χ3v) is 3.09. The molecule has 0 aliphatic heterocycles. The van der Waals surface area contributed by atoms with Gasteiger partial charge < -0.3 is 0 Å². The highest BCUT2D eigenvalue weighted by Gasteiger charge is 2.02. The Hall–Kier alpha value is -1.63. The van der Waals surface area contributed by atoms with E-state index in [0.717, 1.165) is 6.42 Å². The zero-order chi connectivity index (χ0) is 11.5. The first kappa shape index (κ1) is 10.9. The van der Waals surface area contributed by atoms with Crippen LogP contribution >= 0.6 is 0 Å². The maximum absolute atomic E-state index is 4.26. The molecule has 1 heteroatoms. The van der Waals surface area contributed by atoms with Crippen molar-refractivity contribution in [3.8, 4) is 0 Å². The molecule has 1 nitrogen and oxygen atoms in total. The second-order valence-corrected chi connectivity index (χ2v) is 4.40. The van der Waals surface area contributed by atoms with Crippen molar-refractivity contribution in [1.82, 2.24) is 4.98 Å². The van der Waals surface area contributed by atoms with Gasteiger partial charge >= 0.3 is 0 Å². The Morgan fingerprint density at radius 3 is 2.31 bits per heavy atom. The van der Waals surface area contributed by atoms with E-state index in [0.29, 0.717) is 0 Å². The van der Waals surface area contributed by atoms with Crippen LogP contribution in [-0.4, -0.2) is 4.98 Å². The number of aryl methyl sites for hydroxylation is 2. The van der Waals surface area contributed by atoms with Gasteiger partial charge in [0, 0.05) is 12.4 Å². The lowest BCUT2D eigenvalue weighted by molar-refractivity contribution is 1.08. The second kappa shape index (κ2) is 4.48. The van der Waals surface area contributed by atoms with E-state index in [1.54, 1.807) is 0 Å². The second-order valence-electron chi connectivity index (χ2n) is 4.40. The number of hydrogen-bond donors (Lipinski definition) is 0. The number of aromatic nitrogens is 1. The molecular weight excluding hydrogens is 194 g/mol. The van der Waals surface area contributed by atoms with Gasteiger partial charge in [0.15, 0.2) is 0 Å². The molecule has 2 rings (SSSR count). The zero-order valence-electron chi connectivity index (χ0n) is 10.1. The summed E-state index contributed by atoms with van der Waals surface area (Å²) in [7, 11) is 0. The smallest absolute Gasteiger partial charge is 0.0306 e. The lowest BCUT2D eigenvalue weighted by Crippen LogP contribution is -1.95. The minimum atomic E-state index is 0.973. The fourth-order valence-electron chi connectivity index (χ4n) is 1.79. The molecule has 0 unspecified atom stereocenters. The molecule has 0 aliphatic carbocycles. The van der Waals surface area contributed by atoms with E-state index >= 15 is 0 Å². The minimum absolute atomic E-state index is 0.973. The molecule has 0 N–H and O–H groups in total. The van der Waals surface area contributed by atoms with Crippen molar-refractivity contribution in [1.29, 1.82) is 0 Å². The molecule has 1 heterocycles. The third-order valence-electron chi connectivity index (χ3n) is 3.09. The molecule has 0 radical (unpaired) electrons. The van der Waals surface area contributed by atoms with Crippen LogP contribution in [0.1, 0.15) is 27.8 Å². The first-order chi connectivity index (χ1) is 7.66. The summed E-state index contributed by atoms with van der Waals surface area (Å²) in [6.45, 7) is 6.39. The van der Waals surface area contributed by atoms with Gasteiger partial charge in [-0.25, -0.2) is 0 Å². The Labute approximate surface area is 97.2 Å². The van der Waals surface area contributed by atoms with Crippen LogP contribution in [0, 0.1) is 20.8 Å². The van der Waals surface area contributed by atoms with Gasteiger partial charge in [-0.15, -0.1) is 0 Å². The number of rotatable bonds is 2. The summed E-state index contributed by atoms with van der Waals surface area (Å²) >= 11 is 0. The van der Waals surface area contributed by atoms with Gasteiger partial charge in [0.05, 0.1) is 0 Å². The molecule has 0 atom stereocenters. The lowest BCUT2D eigenvalue weighted by atomic mass is 9.99. The van der Waals surface area contributed by atoms with Gasteiger partial charge in [0.25, 0.3) is 0 Å². The highest BCUT2D eigenvalue weighted by atomic mass is 14.6. The van der Waals surface area contributed by atoms with Gasteiger partial charge in [-0.3, -0.25) is 4.98 Å². The van der Waals surface area contributed by atoms with E-state index in [2.05, 4.69) is 50.0 Å². The van der Waals surface area contributed by atoms with E-state index in [9.17, 15) is 0 Å². The van der Waals surface area contributed by atoms with Gasteiger partial charge in [-0.1, -0.05) is 29.8 Å². The van der Waals surface area contributed by atoms with Crippen molar-refractivity contribution in [2.24, 2.45) is 0 Å². The Morgan fingerprint density at radius 2 is 1.62 bits per heavy atom. The van der Waals surface area contributed by atoms with E-state index in [-0.39, 0.29) is 0 Å². The standard InChI is InChI=1S/C15H17N/c1-11-4-6-14(7-5-11)8-15-10-16-9-12(2)13(15)3/h4-7,9-10H,8H2,1-3H3. The summed E-state index contributed by atoms with van der Waals surface area (Å²) in [6.07, 6.45) is 4.87. The molecule has 0 spiro atoms. The van der Waals surface area contributed by atoms with Gasteiger partial charge in [0.1, 0.15) is 0 Å². The molecule has 2 aromatic rings. The SMILES string of the molecule is Cc1ccc(Cc2cncc(C)c2C)cc1. The zero-order valence-corrected chi connectivity index (χ0v) is 10.1. The van der Waals surface area contributed by atoms with Gasteiger partial charge in [-0.2, -0.15) is 0 Å². The van der Waals surface area contributed by atoms with E-state index in [1.807, 2.05) is 12.4 Å². The van der Waals surface area contributed by atoms with Crippen LogP contribution in [0.5, 0.6) is 0 Å². The number of nitrogens with zero attached hydrogens (tertiary/aromatic N) is 1. The average Bonchev–Trinajstić information content (AvgIpc) is 2.28. The number of hydrogen-bond acceptors (Lipinski definition) is 1. The molecule has 0 amide bonds. The molecular formula is C15H17N. The molecule has 1 aromatic carbocycles. The van der Waals surface area contributed by atoms with Crippen LogP contribution < -0.4 is 0 Å². The highest BCUT2D eigenvalue weighted by Crippen LogP contribution is 2.15. The molecule has 1 aromatic heterocycles. The quantitative estimate of drug-likeness (QED) is 0.739. The predicted octanol–water partition coefficient (Wildman–Crippen LogP) is 3.60. The first-order valence-electron chi connectivity index (χ1n) is 5.62. The summed E-state index contributed by atoms with van der Waals surface area (Å²) in [4.78, 5) is 4.26. The number of pyridine rings is 1. The van der Waals surface area contributed by atoms with Crippen molar-refractivity contribution >= 4 is 0 Å². The van der Waals surface area contributed by atoms with Crippen LogP contribution in [0.3, 0.4) is 0 Å². The molecule has 16 heavy (non-hydrogen) atoms. The van der Waals surface area contributed by atoms with Crippen LogP contribution in [-0.2, 0) is 6.42 Å². The Bertz CT molecular complexity index is 483. The molecule has 82 valence electrons. The maximum atomic E-state index is 4.26. The van der Waals surface area contributed by atoms with Crippen molar-refractivity contribution in [3.05, 3.63) is 64.5 Å². The molecule has 0 fully saturated rings. The monoisotopic (exact) mass is 211 g/mol. The van der Waals surface area contributed by atoms with Gasteiger partial charge in [0.2, 0.25) is 0 Å². The summed E-state index contributed by atoms with van der Waals surface area (Å²) in [5, 5.41) is 0. The molecule has 0 aliphatic rings. The Kier molecular flexibility index (Phi) is 3.04. The molecule has 0 bridgehead atoms. The van der Waals surface area contributed by atoms with Crippen LogP contribution in [0.15, 0.2) is 36.7 Å². The molecule has 0 saturated heterocycles. The van der Waals surface area contributed by atoms with E-state index < -0.39 is 0 Å². The largest absolute Gasteiger partial charge is 0.264 e. The Morgan fingerprint density at radius 1 is 0.938 bits per heavy atom. The van der Waals surface area contributed by atoms with Gasteiger partial charge in [-0.05, 0) is 49.4 Å². The predicted molar refractivity (Wildman–Crippen MR) is 67.7 cm³/mol. The maximum Gasteiger partial charge on any atom is 0.0306 e. The fourth-order valence-corrected chi connectivity index (χ4v) is 1.79. The normalized spacial score (nSPS) is 10.4. The van der Waals surface area contributed by atoms with Crippen LogP contribution in [0.25, 0.3) is 0 Å². The molecule has 0 saturated carbocycles. The summed E-state index contributed by atoms with van der Waals surface area (Å²) in [6, 6.07) is 8.70. The van der Waals surface area contributed by atoms with Crippen molar-refractivity contribution in [2.45, 2.75) is 27.2 Å². The van der Waals surface area contributed by atoms with Crippen molar-refractivity contribution in [3.63, 3.8) is 0 Å². The summed E-state index contributed by atoms with van der Waals surface area (Å²) in [5.74, 6) is 0. The minimum Gasteiger partial charge on any atom is -0.264 e. The van der Waals surface area contributed by atoms with E-state index in [4.69, 9.17) is 0 Å². The van der Waals surface area contributed by atoms with Crippen molar-refractivity contribution < 1.29 is 0 Å². The van der Waals surface area contributed by atoms with Crippen molar-refractivity contribution in [2.75, 3.05) is 0 Å². The van der Waals surface area contributed by atoms with Crippen LogP contribution in [0.2, 0.25) is 0 Å². The topological polar surface area (TPSA) is 12.9 Å². The average molecular weight is 211 g/mol. The first-order valence-corrected chi connectivity index (χ1v) is 5.62. The van der Waals surface area contributed by atoms with E-state index in [1.165, 1.54) is 27.8 Å². The lowest BCUT2D eigenvalue weighted by Gasteiger charge is -2.08. The highest BCUT2D eigenvalue weighted by molar-refractivity contribution is 5.34. The summed E-state index contributed by atoms with van der Waals surface area (Å²) in [5.41, 5.74) is 6.60. The Balaban J connectivity index is 2.27.